The van der Waals surface area contributed by atoms with E-state index in [-0.39, 0.29) is 41.9 Å². The van der Waals surface area contributed by atoms with Gasteiger partial charge >= 0.3 is 0 Å². The summed E-state index contributed by atoms with van der Waals surface area (Å²) in [6.07, 6.45) is 2.18. The van der Waals surface area contributed by atoms with E-state index in [0.29, 0.717) is 35.6 Å². The van der Waals surface area contributed by atoms with Gasteiger partial charge in [-0.15, -0.1) is 0 Å². The molecule has 8 nitrogen and oxygen atoms in total. The number of nitrogens with zero attached hydrogens (tertiary/aromatic N) is 4. The molecule has 1 atom stereocenters. The number of anilines is 1. The van der Waals surface area contributed by atoms with Crippen LogP contribution in [-0.2, 0) is 22.6 Å². The first-order valence-corrected chi connectivity index (χ1v) is 9.92. The van der Waals surface area contributed by atoms with Crippen molar-refractivity contribution < 1.29 is 14.0 Å². The molecule has 2 aliphatic heterocycles. The highest BCUT2D eigenvalue weighted by molar-refractivity contribution is 6.31. The van der Waals surface area contributed by atoms with Gasteiger partial charge in [-0.25, -0.2) is 13.9 Å². The Morgan fingerprint density at radius 1 is 1.27 bits per heavy atom. The normalized spacial score (nSPS) is 18.9. The van der Waals surface area contributed by atoms with Crippen LogP contribution < -0.4 is 10.5 Å². The lowest BCUT2D eigenvalue weighted by molar-refractivity contribution is -0.136. The lowest BCUT2D eigenvalue weighted by Gasteiger charge is -2.29. The molecule has 0 aliphatic carbocycles. The Morgan fingerprint density at radius 2 is 2.10 bits per heavy atom. The molecule has 3 aromatic rings. The molecule has 1 fully saturated rings. The summed E-state index contributed by atoms with van der Waals surface area (Å²) < 4.78 is 14.8. The zero-order chi connectivity index (χ0) is 21.0. The first kappa shape index (κ1) is 18.8. The number of halogens is 2. The molecule has 154 valence electrons. The molecule has 1 saturated heterocycles. The van der Waals surface area contributed by atoms with Crippen molar-refractivity contribution in [3.8, 4) is 0 Å². The number of benzene rings is 1. The number of aromatic amines is 1. The van der Waals surface area contributed by atoms with E-state index in [1.54, 1.807) is 17.2 Å². The van der Waals surface area contributed by atoms with Crippen molar-refractivity contribution in [2.45, 2.75) is 19.4 Å². The zero-order valence-electron chi connectivity index (χ0n) is 15.8. The third-order valence-corrected chi connectivity index (χ3v) is 5.98. The third kappa shape index (κ3) is 2.97. The van der Waals surface area contributed by atoms with Gasteiger partial charge in [0.05, 0.1) is 28.7 Å². The van der Waals surface area contributed by atoms with Crippen LogP contribution in [0.5, 0.6) is 0 Å². The van der Waals surface area contributed by atoms with Crippen LogP contribution >= 0.6 is 11.6 Å². The van der Waals surface area contributed by atoms with E-state index < -0.39 is 11.7 Å². The molecule has 30 heavy (non-hydrogen) atoms. The summed E-state index contributed by atoms with van der Waals surface area (Å²) in [4.78, 5) is 45.9. The van der Waals surface area contributed by atoms with Crippen molar-refractivity contribution in [3.05, 3.63) is 62.9 Å². The fraction of sp³-hybridized carbons (Fsp3) is 0.300. The minimum absolute atomic E-state index is 0.0596. The maximum atomic E-state index is 13.4. The van der Waals surface area contributed by atoms with Crippen LogP contribution in [0, 0.1) is 11.7 Å². The first-order valence-electron chi connectivity index (χ1n) is 9.54. The molecule has 0 spiro atoms. The highest BCUT2D eigenvalue weighted by Crippen LogP contribution is 2.30. The Labute approximate surface area is 174 Å². The van der Waals surface area contributed by atoms with Gasteiger partial charge < -0.3 is 9.80 Å². The molecule has 0 radical (unpaired) electrons. The van der Waals surface area contributed by atoms with Crippen LogP contribution in [0.3, 0.4) is 0 Å². The highest BCUT2D eigenvalue weighted by Gasteiger charge is 2.38. The lowest BCUT2D eigenvalue weighted by Crippen LogP contribution is -2.43. The highest BCUT2D eigenvalue weighted by atomic mass is 35.5. The Balaban J connectivity index is 1.36. The largest absolute Gasteiger partial charge is 0.337 e. The molecule has 0 unspecified atom stereocenters. The summed E-state index contributed by atoms with van der Waals surface area (Å²) in [5.74, 6) is -1.50. The second kappa shape index (κ2) is 6.94. The fourth-order valence-corrected chi connectivity index (χ4v) is 4.31. The first-order chi connectivity index (χ1) is 14.4. The molecule has 0 bridgehead atoms. The second-order valence-corrected chi connectivity index (χ2v) is 7.92. The topological polar surface area (TPSA) is 90.8 Å². The standard InChI is InChI=1S/C20H17ClFN5O3/c21-14-8-12(1-2-15(14)22)26-9-11(7-18(26)28)19(29)25-6-4-16-13(10-25)20(30)27-17(24-16)3-5-23-27/h1-3,5,8,11,23H,4,6-7,9-10H2/t11-/m0/s1. The Bertz CT molecular complexity index is 1250. The van der Waals surface area contributed by atoms with Crippen LogP contribution in [0.25, 0.3) is 5.65 Å². The van der Waals surface area contributed by atoms with Gasteiger partial charge in [0.1, 0.15) is 5.82 Å². The van der Waals surface area contributed by atoms with E-state index in [2.05, 4.69) is 10.1 Å². The number of hydrogen-bond donors (Lipinski definition) is 1. The minimum atomic E-state index is -0.567. The molecular weight excluding hydrogens is 413 g/mol. The smallest absolute Gasteiger partial charge is 0.277 e. The number of amides is 2. The van der Waals surface area contributed by atoms with Gasteiger partial charge in [0.25, 0.3) is 5.56 Å². The van der Waals surface area contributed by atoms with E-state index in [9.17, 15) is 18.8 Å². The summed E-state index contributed by atoms with van der Waals surface area (Å²) in [5.41, 5.74) is 1.98. The number of fused-ring (bicyclic) bond motifs is 2. The van der Waals surface area contributed by atoms with Crippen molar-refractivity contribution in [1.29, 1.82) is 0 Å². The molecule has 2 aliphatic rings. The summed E-state index contributed by atoms with van der Waals surface area (Å²) >= 11 is 5.83. The summed E-state index contributed by atoms with van der Waals surface area (Å²) in [7, 11) is 0. The number of nitrogens with one attached hydrogen (secondary N) is 1. The van der Waals surface area contributed by atoms with Crippen molar-refractivity contribution >= 4 is 34.7 Å². The van der Waals surface area contributed by atoms with Gasteiger partial charge in [-0.1, -0.05) is 11.6 Å². The van der Waals surface area contributed by atoms with Crippen LogP contribution in [0.15, 0.2) is 35.3 Å². The number of hydrogen-bond acceptors (Lipinski definition) is 4. The van der Waals surface area contributed by atoms with Gasteiger partial charge in [0, 0.05) is 43.9 Å². The van der Waals surface area contributed by atoms with Crippen LogP contribution in [0.1, 0.15) is 17.7 Å². The number of H-pyrrole nitrogens is 1. The monoisotopic (exact) mass is 429 g/mol. The van der Waals surface area contributed by atoms with Crippen molar-refractivity contribution in [1.82, 2.24) is 19.5 Å². The van der Waals surface area contributed by atoms with Crippen molar-refractivity contribution in [2.24, 2.45) is 5.92 Å². The molecule has 5 rings (SSSR count). The molecular formula is C20H17ClFN5O3. The van der Waals surface area contributed by atoms with E-state index in [1.807, 2.05) is 0 Å². The maximum Gasteiger partial charge on any atom is 0.277 e. The van der Waals surface area contributed by atoms with E-state index in [1.165, 1.54) is 27.6 Å². The second-order valence-electron chi connectivity index (χ2n) is 7.51. The van der Waals surface area contributed by atoms with E-state index in [0.717, 1.165) is 0 Å². The molecule has 1 N–H and O–H groups in total. The van der Waals surface area contributed by atoms with Crippen LogP contribution in [-0.4, -0.2) is 44.4 Å². The van der Waals surface area contributed by atoms with Crippen LogP contribution in [0.4, 0.5) is 10.1 Å². The number of carbonyl (C=O) groups excluding carboxylic acids is 2. The van der Waals surface area contributed by atoms with E-state index in [4.69, 9.17) is 11.6 Å². The predicted molar refractivity (Wildman–Crippen MR) is 107 cm³/mol. The lowest BCUT2D eigenvalue weighted by atomic mass is 10.0. The number of rotatable bonds is 2. The Morgan fingerprint density at radius 3 is 2.90 bits per heavy atom. The predicted octanol–water partition coefficient (Wildman–Crippen LogP) is 1.75. The number of carbonyl (C=O) groups is 2. The van der Waals surface area contributed by atoms with Gasteiger partial charge in [0.15, 0.2) is 5.65 Å². The molecule has 4 heterocycles. The quantitative estimate of drug-likeness (QED) is 0.672. The summed E-state index contributed by atoms with van der Waals surface area (Å²) in [6, 6.07) is 5.77. The molecule has 10 heteroatoms. The third-order valence-electron chi connectivity index (χ3n) is 5.69. The van der Waals surface area contributed by atoms with Gasteiger partial charge in [-0.05, 0) is 18.2 Å². The fourth-order valence-electron chi connectivity index (χ4n) is 4.14. The van der Waals surface area contributed by atoms with E-state index >= 15 is 0 Å². The van der Waals surface area contributed by atoms with Crippen LogP contribution in [0.2, 0.25) is 5.02 Å². The van der Waals surface area contributed by atoms with Gasteiger partial charge in [-0.2, -0.15) is 0 Å². The van der Waals surface area contributed by atoms with Crippen molar-refractivity contribution in [2.75, 3.05) is 18.0 Å². The molecule has 2 amide bonds. The molecule has 0 saturated carbocycles. The minimum Gasteiger partial charge on any atom is -0.337 e. The summed E-state index contributed by atoms with van der Waals surface area (Å²) in [5, 5.41) is 2.75. The zero-order valence-corrected chi connectivity index (χ0v) is 16.5. The SMILES string of the molecule is O=C([C@H]1CC(=O)N(c2ccc(F)c(Cl)c2)C1)N1CCc2nc3cc[nH]n3c(=O)c2C1. The van der Waals surface area contributed by atoms with Gasteiger partial charge in [0.2, 0.25) is 11.8 Å². The molecule has 2 aromatic heterocycles. The summed E-state index contributed by atoms with van der Waals surface area (Å²) in [6.45, 7) is 0.789. The average molecular weight is 430 g/mol. The number of aromatic nitrogens is 3. The average Bonchev–Trinajstić information content (AvgIpc) is 3.36. The Hall–Kier alpha value is -3.20. The Kier molecular flexibility index (Phi) is 4.35. The maximum absolute atomic E-state index is 13.4. The van der Waals surface area contributed by atoms with Gasteiger partial charge in [-0.3, -0.25) is 19.5 Å². The van der Waals surface area contributed by atoms with Crippen molar-refractivity contribution in [3.63, 3.8) is 0 Å². The molecule has 1 aromatic carbocycles.